The smallest absolute Gasteiger partial charge is 0.191 e. The number of hydrogen-bond acceptors (Lipinski definition) is 4. The molecule has 0 heterocycles. The van der Waals surface area contributed by atoms with Gasteiger partial charge in [0.2, 0.25) is 0 Å². The van der Waals surface area contributed by atoms with E-state index in [1.807, 2.05) is 12.1 Å². The zero-order chi connectivity index (χ0) is 19.0. The van der Waals surface area contributed by atoms with Gasteiger partial charge in [0, 0.05) is 31.9 Å². The molecule has 0 atom stereocenters. The molecule has 0 aromatic heterocycles. The quantitative estimate of drug-likeness (QED) is 0.477. The lowest BCUT2D eigenvalue weighted by Gasteiger charge is -2.19. The Morgan fingerprint density at radius 1 is 1.19 bits per heavy atom. The Bertz CT molecular complexity index is 682. The van der Waals surface area contributed by atoms with Crippen LogP contribution in [-0.2, 0) is 16.3 Å². The molecule has 0 bridgehead atoms. The van der Waals surface area contributed by atoms with Crippen LogP contribution >= 0.6 is 0 Å². The SMILES string of the molecule is CCNC(=NCCN(CC)C1CC1)NCCc1ccc(S(C)(=O)=O)cc1. The monoisotopic (exact) mass is 380 g/mol. The lowest BCUT2D eigenvalue weighted by Crippen LogP contribution is -2.39. The molecule has 6 nitrogen and oxygen atoms in total. The van der Waals surface area contributed by atoms with Crippen LogP contribution in [0.15, 0.2) is 34.2 Å². The van der Waals surface area contributed by atoms with E-state index in [1.54, 1.807) is 12.1 Å². The van der Waals surface area contributed by atoms with Crippen molar-refractivity contribution in [3.8, 4) is 0 Å². The van der Waals surface area contributed by atoms with Crippen LogP contribution in [0.1, 0.15) is 32.3 Å². The molecule has 0 saturated heterocycles. The van der Waals surface area contributed by atoms with Gasteiger partial charge in [0.15, 0.2) is 15.8 Å². The summed E-state index contributed by atoms with van der Waals surface area (Å²) >= 11 is 0. The number of rotatable bonds is 10. The first-order valence-corrected chi connectivity index (χ1v) is 11.4. The van der Waals surface area contributed by atoms with Crippen molar-refractivity contribution in [3.05, 3.63) is 29.8 Å². The molecule has 26 heavy (non-hydrogen) atoms. The van der Waals surface area contributed by atoms with Gasteiger partial charge in [0.25, 0.3) is 0 Å². The molecule has 1 aliphatic carbocycles. The van der Waals surface area contributed by atoms with E-state index in [0.29, 0.717) is 4.90 Å². The van der Waals surface area contributed by atoms with Crippen molar-refractivity contribution in [2.45, 2.75) is 44.0 Å². The van der Waals surface area contributed by atoms with Crippen LogP contribution in [-0.4, -0.2) is 64.3 Å². The van der Waals surface area contributed by atoms with Gasteiger partial charge in [-0.15, -0.1) is 0 Å². The number of hydrogen-bond donors (Lipinski definition) is 2. The van der Waals surface area contributed by atoms with Gasteiger partial charge in [0.1, 0.15) is 0 Å². The molecule has 0 aliphatic heterocycles. The second-order valence-electron chi connectivity index (χ2n) is 6.71. The van der Waals surface area contributed by atoms with Crippen molar-refractivity contribution in [2.75, 3.05) is 39.0 Å². The molecule has 1 saturated carbocycles. The van der Waals surface area contributed by atoms with Gasteiger partial charge in [-0.05, 0) is 50.4 Å². The third-order valence-electron chi connectivity index (χ3n) is 4.53. The minimum atomic E-state index is -3.13. The van der Waals surface area contributed by atoms with E-state index in [1.165, 1.54) is 19.1 Å². The second kappa shape index (κ2) is 9.92. The molecule has 0 radical (unpaired) electrons. The highest BCUT2D eigenvalue weighted by Gasteiger charge is 2.27. The number of benzene rings is 1. The van der Waals surface area contributed by atoms with Crippen LogP contribution < -0.4 is 10.6 Å². The maximum Gasteiger partial charge on any atom is 0.191 e. The van der Waals surface area contributed by atoms with Crippen molar-refractivity contribution in [3.63, 3.8) is 0 Å². The lowest BCUT2D eigenvalue weighted by molar-refractivity contribution is 0.286. The van der Waals surface area contributed by atoms with Gasteiger partial charge in [-0.1, -0.05) is 19.1 Å². The highest BCUT2D eigenvalue weighted by atomic mass is 32.2. The van der Waals surface area contributed by atoms with Crippen LogP contribution in [0.25, 0.3) is 0 Å². The normalized spacial score (nSPS) is 15.3. The Morgan fingerprint density at radius 2 is 1.88 bits per heavy atom. The molecule has 7 heteroatoms. The van der Waals surface area contributed by atoms with Gasteiger partial charge < -0.3 is 10.6 Å². The fourth-order valence-electron chi connectivity index (χ4n) is 2.90. The molecular formula is C19H32N4O2S. The minimum Gasteiger partial charge on any atom is -0.357 e. The zero-order valence-electron chi connectivity index (χ0n) is 16.2. The van der Waals surface area contributed by atoms with Crippen LogP contribution in [0.5, 0.6) is 0 Å². The molecule has 0 unspecified atom stereocenters. The molecule has 1 fully saturated rings. The third-order valence-corrected chi connectivity index (χ3v) is 5.66. The summed E-state index contributed by atoms with van der Waals surface area (Å²) in [5.74, 6) is 0.840. The summed E-state index contributed by atoms with van der Waals surface area (Å²) in [6, 6.07) is 7.86. The van der Waals surface area contributed by atoms with E-state index < -0.39 is 9.84 Å². The van der Waals surface area contributed by atoms with Crippen LogP contribution in [0.4, 0.5) is 0 Å². The lowest BCUT2D eigenvalue weighted by atomic mass is 10.1. The summed E-state index contributed by atoms with van der Waals surface area (Å²) in [4.78, 5) is 7.52. The maximum atomic E-state index is 11.5. The Labute approximate surface area is 158 Å². The number of likely N-dealkylation sites (N-methyl/N-ethyl adjacent to an activating group) is 1. The first kappa shape index (κ1) is 20.7. The fraction of sp³-hybridized carbons (Fsp3) is 0.632. The second-order valence-corrected chi connectivity index (χ2v) is 8.73. The summed E-state index contributed by atoms with van der Waals surface area (Å²) in [6.45, 7) is 8.74. The number of sulfone groups is 1. The molecule has 1 aliphatic rings. The Hall–Kier alpha value is -1.60. The third kappa shape index (κ3) is 6.96. The largest absolute Gasteiger partial charge is 0.357 e. The average molecular weight is 381 g/mol. The molecule has 0 spiro atoms. The van der Waals surface area contributed by atoms with Crippen LogP contribution in [0, 0.1) is 0 Å². The fourth-order valence-corrected chi connectivity index (χ4v) is 3.53. The van der Waals surface area contributed by atoms with Crippen molar-refractivity contribution in [2.24, 2.45) is 4.99 Å². The minimum absolute atomic E-state index is 0.361. The topological polar surface area (TPSA) is 73.8 Å². The van der Waals surface area contributed by atoms with Gasteiger partial charge in [0.05, 0.1) is 11.4 Å². The predicted octanol–water partition coefficient (Wildman–Crippen LogP) is 1.67. The van der Waals surface area contributed by atoms with Gasteiger partial charge in [-0.3, -0.25) is 9.89 Å². The summed E-state index contributed by atoms with van der Waals surface area (Å²) in [5, 5.41) is 6.63. The highest BCUT2D eigenvalue weighted by Crippen LogP contribution is 2.25. The maximum absolute atomic E-state index is 11.5. The highest BCUT2D eigenvalue weighted by molar-refractivity contribution is 7.90. The predicted molar refractivity (Wildman–Crippen MR) is 108 cm³/mol. The van der Waals surface area contributed by atoms with Crippen molar-refractivity contribution < 1.29 is 8.42 Å². The first-order valence-electron chi connectivity index (χ1n) is 9.49. The van der Waals surface area contributed by atoms with E-state index in [0.717, 1.165) is 56.7 Å². The molecule has 1 aromatic carbocycles. The van der Waals surface area contributed by atoms with Crippen molar-refractivity contribution in [1.82, 2.24) is 15.5 Å². The molecule has 2 rings (SSSR count). The summed E-state index contributed by atoms with van der Waals surface area (Å²) in [6.07, 6.45) is 4.70. The summed E-state index contributed by atoms with van der Waals surface area (Å²) in [5.41, 5.74) is 1.10. The van der Waals surface area contributed by atoms with Crippen LogP contribution in [0.3, 0.4) is 0 Å². The van der Waals surface area contributed by atoms with Gasteiger partial charge >= 0.3 is 0 Å². The van der Waals surface area contributed by atoms with Gasteiger partial charge in [-0.25, -0.2) is 8.42 Å². The van der Waals surface area contributed by atoms with Crippen molar-refractivity contribution in [1.29, 1.82) is 0 Å². The van der Waals surface area contributed by atoms with Crippen molar-refractivity contribution >= 4 is 15.8 Å². The number of nitrogens with zero attached hydrogens (tertiary/aromatic N) is 2. The Kier molecular flexibility index (Phi) is 7.90. The van der Waals surface area contributed by atoms with E-state index in [4.69, 9.17) is 0 Å². The van der Waals surface area contributed by atoms with E-state index in [2.05, 4.69) is 34.4 Å². The summed E-state index contributed by atoms with van der Waals surface area (Å²) in [7, 11) is -3.13. The molecule has 0 amide bonds. The first-order chi connectivity index (χ1) is 12.4. The standard InChI is InChI=1S/C19H32N4O2S/c1-4-20-19(22-14-15-23(5-2)17-8-9-17)21-13-12-16-6-10-18(11-7-16)26(3,24)25/h6-7,10-11,17H,4-5,8-9,12-15H2,1-3H3,(H2,20,21,22). The number of nitrogens with one attached hydrogen (secondary N) is 2. The number of guanidine groups is 1. The Morgan fingerprint density at radius 3 is 2.42 bits per heavy atom. The Balaban J connectivity index is 1.79. The van der Waals surface area contributed by atoms with E-state index >= 15 is 0 Å². The van der Waals surface area contributed by atoms with E-state index in [-0.39, 0.29) is 0 Å². The zero-order valence-corrected chi connectivity index (χ0v) is 17.0. The average Bonchev–Trinajstić information content (AvgIpc) is 3.43. The molecule has 2 N–H and O–H groups in total. The van der Waals surface area contributed by atoms with Gasteiger partial charge in [-0.2, -0.15) is 0 Å². The van der Waals surface area contributed by atoms with Crippen LogP contribution in [0.2, 0.25) is 0 Å². The molecule has 146 valence electrons. The van der Waals surface area contributed by atoms with E-state index in [9.17, 15) is 8.42 Å². The summed E-state index contributed by atoms with van der Waals surface area (Å²) < 4.78 is 23.0. The number of aliphatic imine (C=N–C) groups is 1. The molecule has 1 aromatic rings. The molecular weight excluding hydrogens is 348 g/mol.